The van der Waals surface area contributed by atoms with Gasteiger partial charge < -0.3 is 0 Å². The molecule has 0 heterocycles. The van der Waals surface area contributed by atoms with Crippen molar-refractivity contribution in [2.75, 3.05) is 0 Å². The van der Waals surface area contributed by atoms with Crippen LogP contribution in [0.4, 0.5) is 0 Å². The van der Waals surface area contributed by atoms with Crippen LogP contribution in [0.15, 0.2) is 30.3 Å². The quantitative estimate of drug-likeness (QED) is 0.497. The van der Waals surface area contributed by atoms with Crippen LogP contribution in [-0.4, -0.2) is 0 Å². The lowest BCUT2D eigenvalue weighted by atomic mass is 9.82. The van der Waals surface area contributed by atoms with Crippen molar-refractivity contribution in [1.82, 2.24) is 0 Å². The van der Waals surface area contributed by atoms with Crippen LogP contribution >= 0.6 is 0 Å². The van der Waals surface area contributed by atoms with Gasteiger partial charge in [0.2, 0.25) is 0 Å². The van der Waals surface area contributed by atoms with Gasteiger partial charge in [-0.15, -0.1) is 0 Å². The summed E-state index contributed by atoms with van der Waals surface area (Å²) < 4.78 is 0. The number of hydrogen-bond acceptors (Lipinski definition) is 0. The molecule has 0 aliphatic rings. The Morgan fingerprint density at radius 2 is 1.75 bits per heavy atom. The molecule has 0 N–H and O–H groups in total. The minimum absolute atomic E-state index is 0.725. The Morgan fingerprint density at radius 3 is 2.30 bits per heavy atom. The van der Waals surface area contributed by atoms with E-state index < -0.39 is 0 Å². The van der Waals surface area contributed by atoms with Crippen LogP contribution in [0.5, 0.6) is 0 Å². The fourth-order valence-corrected chi connectivity index (χ4v) is 2.95. The van der Waals surface area contributed by atoms with Crippen molar-refractivity contribution in [3.8, 4) is 0 Å². The van der Waals surface area contributed by atoms with Gasteiger partial charge in [-0.25, -0.2) is 0 Å². The Hall–Kier alpha value is -1.04. The highest BCUT2D eigenvalue weighted by Crippen LogP contribution is 2.33. The zero-order valence-corrected chi connectivity index (χ0v) is 14.1. The van der Waals surface area contributed by atoms with Crippen LogP contribution in [-0.2, 0) is 0 Å². The molecule has 0 amide bonds. The van der Waals surface area contributed by atoms with Gasteiger partial charge in [-0.05, 0) is 54.7 Å². The minimum Gasteiger partial charge on any atom is -0.0807 e. The number of benzene rings is 1. The normalized spacial score (nSPS) is 13.8. The molecule has 1 atom stereocenters. The smallest absolute Gasteiger partial charge is 0.0159 e. The maximum atomic E-state index is 2.46. The summed E-state index contributed by atoms with van der Waals surface area (Å²) in [5, 5.41) is 0. The highest BCUT2D eigenvalue weighted by atomic mass is 14.2. The fourth-order valence-electron chi connectivity index (χ4n) is 2.95. The van der Waals surface area contributed by atoms with Gasteiger partial charge in [0, 0.05) is 0 Å². The van der Waals surface area contributed by atoms with E-state index in [-0.39, 0.29) is 0 Å². The third-order valence-electron chi connectivity index (χ3n) is 4.05. The molecular weight excluding hydrogens is 240 g/mol. The van der Waals surface area contributed by atoms with E-state index in [4.69, 9.17) is 0 Å². The molecule has 1 aromatic rings. The first-order chi connectivity index (χ1) is 9.60. The Morgan fingerprint density at radius 1 is 1.05 bits per heavy atom. The summed E-state index contributed by atoms with van der Waals surface area (Å²) in [7, 11) is 0. The van der Waals surface area contributed by atoms with Crippen molar-refractivity contribution < 1.29 is 0 Å². The number of rotatable bonds is 8. The average Bonchev–Trinajstić information content (AvgIpc) is 2.42. The van der Waals surface area contributed by atoms with Gasteiger partial charge in [0.05, 0.1) is 0 Å². The summed E-state index contributed by atoms with van der Waals surface area (Å²) in [5.41, 5.74) is 4.47. The molecule has 0 aliphatic heterocycles. The van der Waals surface area contributed by atoms with Crippen molar-refractivity contribution in [3.05, 3.63) is 41.5 Å². The number of allylic oxidation sites excluding steroid dienone is 2. The first-order valence-electron chi connectivity index (χ1n) is 8.36. The number of aryl methyl sites for hydroxylation is 1. The molecule has 0 saturated heterocycles. The molecule has 0 fully saturated rings. The Bertz CT molecular complexity index is 412. The van der Waals surface area contributed by atoms with Crippen molar-refractivity contribution in [2.24, 2.45) is 11.8 Å². The average molecular weight is 272 g/mol. The topological polar surface area (TPSA) is 0 Å². The summed E-state index contributed by atoms with van der Waals surface area (Å²) in [6.07, 6.45) is 8.83. The van der Waals surface area contributed by atoms with E-state index >= 15 is 0 Å². The highest BCUT2D eigenvalue weighted by molar-refractivity contribution is 5.69. The third-order valence-corrected chi connectivity index (χ3v) is 4.05. The van der Waals surface area contributed by atoms with Gasteiger partial charge in [-0.1, -0.05) is 70.9 Å². The minimum atomic E-state index is 0.725. The molecule has 0 aromatic heterocycles. The molecular formula is C20H32. The van der Waals surface area contributed by atoms with E-state index in [1.54, 1.807) is 5.57 Å². The molecule has 0 radical (unpaired) electrons. The lowest BCUT2D eigenvalue weighted by Gasteiger charge is -2.23. The molecule has 0 saturated carbocycles. The first-order valence-corrected chi connectivity index (χ1v) is 8.36. The fraction of sp³-hybridized carbons (Fsp3) is 0.600. The summed E-state index contributed by atoms with van der Waals surface area (Å²) >= 11 is 0. The van der Waals surface area contributed by atoms with E-state index in [2.05, 4.69) is 65.0 Å². The van der Waals surface area contributed by atoms with Crippen LogP contribution < -0.4 is 0 Å². The lowest BCUT2D eigenvalue weighted by molar-refractivity contribution is 0.466. The molecule has 0 aliphatic carbocycles. The Kier molecular flexibility index (Phi) is 7.65. The van der Waals surface area contributed by atoms with Crippen molar-refractivity contribution >= 4 is 5.57 Å². The SMILES string of the molecule is CC/C=C(\c1ccccc1C)C(CCC)CCC(C)C. The summed E-state index contributed by atoms with van der Waals surface area (Å²) in [4.78, 5) is 0. The molecule has 0 nitrogen and oxygen atoms in total. The van der Waals surface area contributed by atoms with Gasteiger partial charge in [0.15, 0.2) is 0 Å². The molecule has 0 bridgehead atoms. The standard InChI is InChI=1S/C20H32/c1-6-10-18(15-14-16(3)4)20(11-7-2)19-13-9-8-12-17(19)5/h8-9,11-13,16,18H,6-7,10,14-15H2,1-5H3/b20-11-. The number of hydrogen-bond donors (Lipinski definition) is 0. The van der Waals surface area contributed by atoms with Crippen LogP contribution in [0, 0.1) is 18.8 Å². The maximum Gasteiger partial charge on any atom is -0.0159 e. The highest BCUT2D eigenvalue weighted by Gasteiger charge is 2.16. The van der Waals surface area contributed by atoms with Gasteiger partial charge in [0.1, 0.15) is 0 Å². The largest absolute Gasteiger partial charge is 0.0807 e. The summed E-state index contributed by atoms with van der Waals surface area (Å²) in [5.74, 6) is 1.53. The second-order valence-electron chi connectivity index (χ2n) is 6.34. The van der Waals surface area contributed by atoms with Gasteiger partial charge in [-0.2, -0.15) is 0 Å². The molecule has 1 unspecified atom stereocenters. The summed E-state index contributed by atoms with van der Waals surface area (Å²) in [6.45, 7) is 11.5. The lowest BCUT2D eigenvalue weighted by Crippen LogP contribution is -2.07. The Labute approximate surface area is 126 Å². The first kappa shape index (κ1) is 17.0. The van der Waals surface area contributed by atoms with E-state index in [9.17, 15) is 0 Å². The molecule has 0 heteroatoms. The van der Waals surface area contributed by atoms with Crippen molar-refractivity contribution in [2.45, 2.75) is 66.7 Å². The zero-order valence-electron chi connectivity index (χ0n) is 14.1. The molecule has 1 rings (SSSR count). The molecule has 1 aromatic carbocycles. The van der Waals surface area contributed by atoms with Crippen LogP contribution in [0.1, 0.15) is 70.9 Å². The predicted octanol–water partition coefficient (Wildman–Crippen LogP) is 6.64. The van der Waals surface area contributed by atoms with E-state index in [0.29, 0.717) is 0 Å². The summed E-state index contributed by atoms with van der Waals surface area (Å²) in [6, 6.07) is 8.86. The third kappa shape index (κ3) is 5.15. The van der Waals surface area contributed by atoms with Gasteiger partial charge in [-0.3, -0.25) is 0 Å². The van der Waals surface area contributed by atoms with Crippen LogP contribution in [0.2, 0.25) is 0 Å². The van der Waals surface area contributed by atoms with E-state index in [0.717, 1.165) is 18.3 Å². The van der Waals surface area contributed by atoms with Crippen LogP contribution in [0.25, 0.3) is 5.57 Å². The van der Waals surface area contributed by atoms with Crippen LogP contribution in [0.3, 0.4) is 0 Å². The van der Waals surface area contributed by atoms with E-state index in [1.807, 2.05) is 0 Å². The van der Waals surface area contributed by atoms with Gasteiger partial charge in [0.25, 0.3) is 0 Å². The Balaban J connectivity index is 3.02. The van der Waals surface area contributed by atoms with Crippen molar-refractivity contribution in [3.63, 3.8) is 0 Å². The maximum absolute atomic E-state index is 2.46. The predicted molar refractivity (Wildman–Crippen MR) is 91.9 cm³/mol. The molecule has 20 heavy (non-hydrogen) atoms. The van der Waals surface area contributed by atoms with Crippen molar-refractivity contribution in [1.29, 1.82) is 0 Å². The second kappa shape index (κ2) is 9.00. The van der Waals surface area contributed by atoms with E-state index in [1.165, 1.54) is 36.8 Å². The van der Waals surface area contributed by atoms with Gasteiger partial charge >= 0.3 is 0 Å². The molecule has 112 valence electrons. The molecule has 0 spiro atoms. The monoisotopic (exact) mass is 272 g/mol. The second-order valence-corrected chi connectivity index (χ2v) is 6.34. The zero-order chi connectivity index (χ0) is 15.0.